The quantitative estimate of drug-likeness (QED) is 0.483. The highest BCUT2D eigenvalue weighted by Crippen LogP contribution is 2.25. The molecule has 1 N–H and O–H groups in total. The van der Waals surface area contributed by atoms with Crippen LogP contribution < -0.4 is 0 Å². The molecule has 0 saturated heterocycles. The molecule has 0 aliphatic carbocycles. The van der Waals surface area contributed by atoms with E-state index in [4.69, 9.17) is 0 Å². The average Bonchev–Trinajstić information content (AvgIpc) is 3.15. The van der Waals surface area contributed by atoms with Crippen LogP contribution in [-0.2, 0) is 35.5 Å². The van der Waals surface area contributed by atoms with E-state index >= 15 is 0 Å². The molecule has 1 aromatic heterocycles. The normalized spacial score (nSPS) is 15.4. The van der Waals surface area contributed by atoms with Crippen molar-refractivity contribution in [2.45, 2.75) is 32.0 Å². The van der Waals surface area contributed by atoms with Crippen LogP contribution in [0.2, 0.25) is 0 Å². The Hall–Kier alpha value is -4.01. The summed E-state index contributed by atoms with van der Waals surface area (Å²) in [5, 5.41) is 20.6. The second-order valence-corrected chi connectivity index (χ2v) is 7.43. The van der Waals surface area contributed by atoms with Gasteiger partial charge in [-0.15, -0.1) is 0 Å². The van der Waals surface area contributed by atoms with E-state index in [1.165, 1.54) is 29.2 Å². The number of nitro benzene ring substituents is 1. The fourth-order valence-corrected chi connectivity index (χ4v) is 3.79. The Morgan fingerprint density at radius 2 is 1.81 bits per heavy atom. The summed E-state index contributed by atoms with van der Waals surface area (Å²) in [7, 11) is 0. The number of carbonyl (C=O) groups excluding carboxylic acids is 1. The maximum Gasteiger partial charge on any atom is 0.326 e. The van der Waals surface area contributed by atoms with E-state index < -0.39 is 16.9 Å². The number of non-ortho nitro benzene ring substituents is 1. The Balaban J connectivity index is 1.53. The zero-order chi connectivity index (χ0) is 22.0. The second kappa shape index (κ2) is 8.39. The number of hydrogen-bond donors (Lipinski definition) is 1. The maximum atomic E-state index is 12.9. The summed E-state index contributed by atoms with van der Waals surface area (Å²) in [6.45, 7) is 0.687. The molecule has 0 saturated carbocycles. The molecule has 9 heteroatoms. The van der Waals surface area contributed by atoms with Gasteiger partial charge in [-0.05, 0) is 11.1 Å². The molecule has 2 heterocycles. The minimum atomic E-state index is -1.07. The molecule has 1 atom stereocenters. The third-order valence-electron chi connectivity index (χ3n) is 5.42. The lowest BCUT2D eigenvalue weighted by atomic mass is 10.0. The van der Waals surface area contributed by atoms with Gasteiger partial charge in [0.25, 0.3) is 5.69 Å². The van der Waals surface area contributed by atoms with Crippen LogP contribution in [0.25, 0.3) is 0 Å². The Morgan fingerprint density at radius 1 is 1.10 bits per heavy atom. The number of nitrogens with zero attached hydrogens (tertiary/aromatic N) is 4. The van der Waals surface area contributed by atoms with Crippen molar-refractivity contribution in [2.75, 3.05) is 0 Å². The topological polar surface area (TPSA) is 119 Å². The van der Waals surface area contributed by atoms with Crippen LogP contribution in [0.1, 0.15) is 22.5 Å². The molecular formula is C22H20N4O5. The highest BCUT2D eigenvalue weighted by molar-refractivity contribution is 5.85. The number of amides is 1. The molecule has 0 bridgehead atoms. The molecule has 1 aliphatic heterocycles. The van der Waals surface area contributed by atoms with Gasteiger partial charge in [-0.2, -0.15) is 0 Å². The smallest absolute Gasteiger partial charge is 0.326 e. The van der Waals surface area contributed by atoms with E-state index in [0.29, 0.717) is 17.8 Å². The lowest BCUT2D eigenvalue weighted by Crippen LogP contribution is -2.49. The summed E-state index contributed by atoms with van der Waals surface area (Å²) >= 11 is 0. The molecule has 0 radical (unpaired) electrons. The van der Waals surface area contributed by atoms with Gasteiger partial charge in [-0.1, -0.05) is 42.5 Å². The minimum Gasteiger partial charge on any atom is -0.480 e. The Bertz CT molecular complexity index is 1120. The third kappa shape index (κ3) is 4.30. The molecule has 1 aliphatic rings. The predicted octanol–water partition coefficient (Wildman–Crippen LogP) is 2.42. The summed E-state index contributed by atoms with van der Waals surface area (Å²) in [4.78, 5) is 40.9. The van der Waals surface area contributed by atoms with E-state index in [1.54, 1.807) is 6.33 Å². The number of carboxylic acid groups (broad SMARTS) is 1. The second-order valence-electron chi connectivity index (χ2n) is 7.43. The standard InChI is InChI=1S/C22H20N4O5/c27-21(10-15-6-8-17(9-7-15)26(30)31)25-13-18-19(11-20(25)22(28)29)24(14-23-18)12-16-4-2-1-3-5-16/h1-9,14,20H,10-13H2,(H,28,29)/t20-/m0/s1. The lowest BCUT2D eigenvalue weighted by molar-refractivity contribution is -0.384. The molecule has 3 aromatic rings. The number of carboxylic acids is 1. The molecule has 0 fully saturated rings. The first-order chi connectivity index (χ1) is 14.9. The number of fused-ring (bicyclic) bond motifs is 1. The number of hydrogen-bond acceptors (Lipinski definition) is 5. The summed E-state index contributed by atoms with van der Waals surface area (Å²) in [6, 6.07) is 14.5. The van der Waals surface area contributed by atoms with Gasteiger partial charge in [0, 0.05) is 30.8 Å². The van der Waals surface area contributed by atoms with Gasteiger partial charge in [-0.3, -0.25) is 14.9 Å². The summed E-state index contributed by atoms with van der Waals surface area (Å²) in [5.41, 5.74) is 3.10. The van der Waals surface area contributed by atoms with Crippen LogP contribution in [0.5, 0.6) is 0 Å². The van der Waals surface area contributed by atoms with Crippen LogP contribution in [-0.4, -0.2) is 42.4 Å². The monoisotopic (exact) mass is 420 g/mol. The van der Waals surface area contributed by atoms with Gasteiger partial charge >= 0.3 is 5.97 Å². The molecule has 31 heavy (non-hydrogen) atoms. The van der Waals surface area contributed by atoms with Gasteiger partial charge in [0.1, 0.15) is 6.04 Å². The maximum absolute atomic E-state index is 12.9. The first-order valence-electron chi connectivity index (χ1n) is 9.75. The van der Waals surface area contributed by atoms with Crippen LogP contribution in [0.15, 0.2) is 60.9 Å². The fraction of sp³-hybridized carbons (Fsp3) is 0.227. The van der Waals surface area contributed by atoms with E-state index in [1.807, 2.05) is 34.9 Å². The van der Waals surface area contributed by atoms with E-state index in [9.17, 15) is 24.8 Å². The Morgan fingerprint density at radius 3 is 2.45 bits per heavy atom. The van der Waals surface area contributed by atoms with Crippen molar-refractivity contribution in [3.8, 4) is 0 Å². The summed E-state index contributed by atoms with van der Waals surface area (Å²) in [6.07, 6.45) is 1.81. The van der Waals surface area contributed by atoms with Crippen LogP contribution in [0.3, 0.4) is 0 Å². The van der Waals surface area contributed by atoms with Gasteiger partial charge < -0.3 is 14.6 Å². The number of nitro groups is 1. The SMILES string of the molecule is O=C(O)[C@@H]1Cc2c(ncn2Cc2ccccc2)CN1C(=O)Cc1ccc([N+](=O)[O-])cc1. The van der Waals surface area contributed by atoms with Crippen LogP contribution in [0, 0.1) is 10.1 Å². The largest absolute Gasteiger partial charge is 0.480 e. The van der Waals surface area contributed by atoms with Crippen molar-refractivity contribution >= 4 is 17.6 Å². The predicted molar refractivity (Wildman–Crippen MR) is 110 cm³/mol. The molecular weight excluding hydrogens is 400 g/mol. The fourth-order valence-electron chi connectivity index (χ4n) is 3.79. The van der Waals surface area contributed by atoms with E-state index in [-0.39, 0.29) is 31.0 Å². The van der Waals surface area contributed by atoms with Gasteiger partial charge in [0.2, 0.25) is 5.91 Å². The minimum absolute atomic E-state index is 0.0398. The van der Waals surface area contributed by atoms with Crippen LogP contribution >= 0.6 is 0 Å². The molecule has 4 rings (SSSR count). The van der Waals surface area contributed by atoms with Gasteiger partial charge in [-0.25, -0.2) is 9.78 Å². The number of carbonyl (C=O) groups is 2. The average molecular weight is 420 g/mol. The van der Waals surface area contributed by atoms with Crippen molar-refractivity contribution in [1.29, 1.82) is 0 Å². The number of imidazole rings is 1. The third-order valence-corrected chi connectivity index (χ3v) is 5.42. The van der Waals surface area contributed by atoms with Gasteiger partial charge in [0.05, 0.1) is 29.9 Å². The molecule has 2 aromatic carbocycles. The molecule has 0 spiro atoms. The lowest BCUT2D eigenvalue weighted by Gasteiger charge is -2.33. The van der Waals surface area contributed by atoms with Crippen molar-refractivity contribution in [3.63, 3.8) is 0 Å². The number of benzene rings is 2. The highest BCUT2D eigenvalue weighted by Gasteiger charge is 2.36. The van der Waals surface area contributed by atoms with Crippen molar-refractivity contribution in [3.05, 3.63) is 93.6 Å². The van der Waals surface area contributed by atoms with Gasteiger partial charge in [0.15, 0.2) is 0 Å². The highest BCUT2D eigenvalue weighted by atomic mass is 16.6. The Labute approximate surface area is 177 Å². The van der Waals surface area contributed by atoms with Crippen molar-refractivity contribution < 1.29 is 19.6 Å². The first kappa shape index (κ1) is 20.3. The van der Waals surface area contributed by atoms with Crippen molar-refractivity contribution in [1.82, 2.24) is 14.5 Å². The zero-order valence-corrected chi connectivity index (χ0v) is 16.5. The zero-order valence-electron chi connectivity index (χ0n) is 16.5. The van der Waals surface area contributed by atoms with Crippen LogP contribution in [0.4, 0.5) is 5.69 Å². The summed E-state index contributed by atoms with van der Waals surface area (Å²) < 4.78 is 1.93. The Kier molecular flexibility index (Phi) is 5.48. The number of aromatic nitrogens is 2. The molecule has 9 nitrogen and oxygen atoms in total. The molecule has 0 unspecified atom stereocenters. The number of aliphatic carboxylic acids is 1. The molecule has 158 valence electrons. The van der Waals surface area contributed by atoms with E-state index in [0.717, 1.165) is 11.3 Å². The van der Waals surface area contributed by atoms with Crippen molar-refractivity contribution in [2.24, 2.45) is 0 Å². The molecule has 1 amide bonds. The van der Waals surface area contributed by atoms with E-state index in [2.05, 4.69) is 4.98 Å². The first-order valence-corrected chi connectivity index (χ1v) is 9.75. The number of rotatable bonds is 6. The summed E-state index contributed by atoms with van der Waals surface area (Å²) in [5.74, 6) is -1.43.